The highest BCUT2D eigenvalue weighted by Crippen LogP contribution is 1.90. The predicted octanol–water partition coefficient (Wildman–Crippen LogP) is 1.42. The highest BCUT2D eigenvalue weighted by atomic mass is 127. The Bertz CT molecular complexity index is 42.7. The Kier molecular flexibility index (Phi) is 6.30. The van der Waals surface area contributed by atoms with Crippen molar-refractivity contribution >= 4 is 32.2 Å². The largest absolute Gasteiger partial charge is 0.394 e. The summed E-state index contributed by atoms with van der Waals surface area (Å²) in [5, 5.41) is 0. The molecule has 0 bridgehead atoms. The van der Waals surface area contributed by atoms with Gasteiger partial charge in [0, 0.05) is 11.6 Å². The van der Waals surface area contributed by atoms with Gasteiger partial charge in [-0.25, -0.2) is 20.3 Å². The van der Waals surface area contributed by atoms with Crippen molar-refractivity contribution in [2.75, 3.05) is 6.61 Å². The van der Waals surface area contributed by atoms with Gasteiger partial charge in [-0.15, -0.1) is 0 Å². The Morgan fingerprint density at radius 3 is 2.57 bits per heavy atom. The predicted molar refractivity (Wildman–Crippen MR) is 40.9 cm³/mol. The summed E-state index contributed by atoms with van der Waals surface area (Å²) in [6.07, 6.45) is 0. The van der Waals surface area contributed by atoms with Crippen LogP contribution in [0.2, 0.25) is 0 Å². The highest BCUT2D eigenvalue weighted by Gasteiger charge is 1.97. The Labute approximate surface area is 62.2 Å². The summed E-state index contributed by atoms with van der Waals surface area (Å²) >= 11 is 2.88. The van der Waals surface area contributed by atoms with Crippen LogP contribution < -0.4 is 0 Å². The molecular formula is C4H9AlIO. The molecule has 0 spiro atoms. The van der Waals surface area contributed by atoms with Gasteiger partial charge in [0.25, 0.3) is 0 Å². The highest BCUT2D eigenvalue weighted by molar-refractivity contribution is 14.1. The summed E-state index contributed by atoms with van der Waals surface area (Å²) in [5.74, 6) is 0. The molecule has 1 unspecified atom stereocenters. The van der Waals surface area contributed by atoms with Crippen LogP contribution in [-0.4, -0.2) is 23.5 Å². The van der Waals surface area contributed by atoms with Gasteiger partial charge in [0.2, 0.25) is 0 Å². The molecule has 7 heavy (non-hydrogen) atoms. The zero-order chi connectivity index (χ0) is 5.70. The lowest BCUT2D eigenvalue weighted by atomic mass is 10.8. The first-order chi connectivity index (χ1) is 3.31. The topological polar surface area (TPSA) is 9.23 Å². The van der Waals surface area contributed by atoms with Crippen molar-refractivity contribution in [3.8, 4) is 0 Å². The van der Waals surface area contributed by atoms with E-state index >= 15 is 0 Å². The van der Waals surface area contributed by atoms with Crippen molar-refractivity contribution in [2.24, 2.45) is 0 Å². The van der Waals surface area contributed by atoms with E-state index in [4.69, 9.17) is 4.74 Å². The smallest absolute Gasteiger partial charge is 0.354 e. The molecule has 0 saturated carbocycles. The Hall–Kier alpha value is 1.22. The van der Waals surface area contributed by atoms with E-state index in [1.54, 1.807) is 0 Å². The van der Waals surface area contributed by atoms with Gasteiger partial charge in [-0.2, -0.15) is 0 Å². The van der Waals surface area contributed by atoms with E-state index in [9.17, 15) is 0 Å². The lowest BCUT2D eigenvalue weighted by molar-refractivity contribution is 0.131. The fraction of sp³-hybridized carbons (Fsp3) is 1.00. The molecule has 1 atom stereocenters. The number of hydrogen-bond donors (Lipinski definition) is 0. The van der Waals surface area contributed by atoms with Crippen LogP contribution in [0.15, 0.2) is 0 Å². The van der Waals surface area contributed by atoms with Crippen LogP contribution in [0.3, 0.4) is 0 Å². The second kappa shape index (κ2) is 5.36. The molecule has 0 fully saturated rings. The lowest BCUT2D eigenvalue weighted by Crippen LogP contribution is -2.11. The van der Waals surface area contributed by atoms with Crippen LogP contribution in [0.5, 0.6) is 0 Å². The Morgan fingerprint density at radius 2 is 2.43 bits per heavy atom. The molecule has 0 aromatic carbocycles. The van der Waals surface area contributed by atoms with Gasteiger partial charge in [-0.1, -0.05) is 6.92 Å². The zero-order valence-electron chi connectivity index (χ0n) is 4.65. The quantitative estimate of drug-likeness (QED) is 0.523. The molecule has 0 heterocycles. The summed E-state index contributed by atoms with van der Waals surface area (Å²) in [6.45, 7) is 5.00. The maximum absolute atomic E-state index is 5.22. The van der Waals surface area contributed by atoms with Gasteiger partial charge in [-0.05, 0) is 6.92 Å². The van der Waals surface area contributed by atoms with Gasteiger partial charge in [-0.3, -0.25) is 0 Å². The van der Waals surface area contributed by atoms with Gasteiger partial charge >= 0.3 is 11.9 Å². The molecule has 0 aromatic rings. The second-order valence-electron chi connectivity index (χ2n) is 1.29. The maximum Gasteiger partial charge on any atom is 0.354 e. The third-order valence-corrected chi connectivity index (χ3v) is 4.19. The van der Waals surface area contributed by atoms with E-state index in [-0.39, 0.29) is 0 Å². The van der Waals surface area contributed by atoms with Crippen LogP contribution in [0.25, 0.3) is 0 Å². The molecule has 1 radical (unpaired) electrons. The first-order valence-electron chi connectivity index (χ1n) is 2.36. The number of halogens is 1. The third-order valence-electron chi connectivity index (χ3n) is 0.607. The molecule has 1 nitrogen and oxygen atoms in total. The lowest BCUT2D eigenvalue weighted by Gasteiger charge is -2.03. The van der Waals surface area contributed by atoms with Crippen molar-refractivity contribution in [3.63, 3.8) is 0 Å². The second-order valence-corrected chi connectivity index (χ2v) is 4.63. The maximum atomic E-state index is 5.22. The van der Waals surface area contributed by atoms with Crippen LogP contribution in [0.4, 0.5) is 0 Å². The summed E-state index contributed by atoms with van der Waals surface area (Å²) < 4.78 is 5.22. The van der Waals surface area contributed by atoms with Crippen molar-refractivity contribution in [2.45, 2.75) is 18.8 Å². The van der Waals surface area contributed by atoms with E-state index < -0.39 is 0 Å². The minimum absolute atomic E-state index is 0.481. The fourth-order valence-electron chi connectivity index (χ4n) is 0.299. The SMILES string of the molecule is CCO[CH](C)[Al][I]. The average Bonchev–Trinajstić information content (AvgIpc) is 1.68. The molecule has 0 aliphatic rings. The Morgan fingerprint density at radius 1 is 1.86 bits per heavy atom. The third kappa shape index (κ3) is 5.09. The number of rotatable bonds is 3. The molecule has 41 valence electrons. The molecular weight excluding hydrogens is 218 g/mol. The van der Waals surface area contributed by atoms with Gasteiger partial charge in [0.05, 0.1) is 0 Å². The van der Waals surface area contributed by atoms with Gasteiger partial charge in [0.15, 0.2) is 0 Å². The average molecular weight is 227 g/mol. The fourth-order valence-corrected chi connectivity index (χ4v) is 1.19. The van der Waals surface area contributed by atoms with Crippen molar-refractivity contribution in [1.29, 1.82) is 0 Å². The summed E-state index contributed by atoms with van der Waals surface area (Å²) in [6, 6.07) is 0. The summed E-state index contributed by atoms with van der Waals surface area (Å²) in [5.41, 5.74) is 0. The minimum Gasteiger partial charge on any atom is -0.394 e. The molecule has 0 aromatic heterocycles. The zero-order valence-corrected chi connectivity index (χ0v) is 7.96. The molecule has 0 saturated heterocycles. The van der Waals surface area contributed by atoms with Crippen LogP contribution >= 0.6 is 20.3 Å². The van der Waals surface area contributed by atoms with Gasteiger partial charge < -0.3 is 4.74 Å². The first-order valence-corrected chi connectivity index (χ1v) is 7.20. The van der Waals surface area contributed by atoms with E-state index in [1.165, 1.54) is 0 Å². The van der Waals surface area contributed by atoms with E-state index in [1.807, 2.05) is 6.92 Å². The summed E-state index contributed by atoms with van der Waals surface area (Å²) in [4.78, 5) is 0.519. The van der Waals surface area contributed by atoms with Crippen LogP contribution in [0, 0.1) is 0 Å². The van der Waals surface area contributed by atoms with Crippen LogP contribution in [0.1, 0.15) is 13.8 Å². The molecule has 0 rings (SSSR count). The number of ether oxygens (including phenoxy) is 1. The van der Waals surface area contributed by atoms with Crippen LogP contribution in [-0.2, 0) is 4.74 Å². The molecule has 0 amide bonds. The van der Waals surface area contributed by atoms with Crippen molar-refractivity contribution in [3.05, 3.63) is 0 Å². The van der Waals surface area contributed by atoms with E-state index in [2.05, 4.69) is 27.2 Å². The van der Waals surface area contributed by atoms with Crippen molar-refractivity contribution < 1.29 is 4.74 Å². The molecule has 0 aliphatic heterocycles. The minimum atomic E-state index is 0.481. The van der Waals surface area contributed by atoms with Gasteiger partial charge in [0.1, 0.15) is 0 Å². The van der Waals surface area contributed by atoms with E-state index in [0.29, 0.717) is 16.9 Å². The monoisotopic (exact) mass is 227 g/mol. The number of hydrogen-bond acceptors (Lipinski definition) is 1. The summed E-state index contributed by atoms with van der Waals surface area (Å²) in [7, 11) is 0. The normalized spacial score (nSPS) is 13.6. The first kappa shape index (κ1) is 8.22. The molecule has 0 N–H and O–H groups in total. The molecule has 3 heteroatoms. The molecule has 0 aliphatic carbocycles. The van der Waals surface area contributed by atoms with E-state index in [0.717, 1.165) is 6.61 Å². The van der Waals surface area contributed by atoms with Crippen molar-refractivity contribution in [1.82, 2.24) is 0 Å². The standard InChI is InChI=1S/C4H9O.Al.HI/c1-3-5-4-2;;/h3H,4H2,1-2H3;;1H/q;+1;/p-1. The Balaban J connectivity index is 2.83.